The molecule has 0 atom stereocenters. The maximum absolute atomic E-state index is 12.0. The van der Waals surface area contributed by atoms with E-state index in [1.807, 2.05) is 0 Å². The minimum Gasteiger partial charge on any atom is -0.478 e. The smallest absolute Gasteiger partial charge is 0.335 e. The predicted octanol–water partition coefficient (Wildman–Crippen LogP) is 0.562. The van der Waals surface area contributed by atoms with Gasteiger partial charge in [-0.2, -0.15) is 0 Å². The summed E-state index contributed by atoms with van der Waals surface area (Å²) in [7, 11) is -3.90. The molecule has 1 aromatic carbocycles. The lowest BCUT2D eigenvalue weighted by atomic mass is 10.2. The van der Waals surface area contributed by atoms with Crippen molar-refractivity contribution in [3.8, 4) is 0 Å². The van der Waals surface area contributed by atoms with E-state index in [-0.39, 0.29) is 21.5 Å². The van der Waals surface area contributed by atoms with E-state index in [1.54, 1.807) is 6.92 Å². The number of hydrogen-bond donors (Lipinski definition) is 3. The molecule has 0 unspecified atom stereocenters. The van der Waals surface area contributed by atoms with Crippen molar-refractivity contribution in [1.29, 1.82) is 0 Å². The Labute approximate surface area is 124 Å². The largest absolute Gasteiger partial charge is 0.478 e. The first-order chi connectivity index (χ1) is 9.27. The summed E-state index contributed by atoms with van der Waals surface area (Å²) in [6, 6.07) is 3.52. The van der Waals surface area contributed by atoms with Crippen molar-refractivity contribution < 1.29 is 23.1 Å². The number of sulfonamides is 1. The maximum atomic E-state index is 12.0. The number of likely N-dealkylation sites (N-methyl/N-ethyl adjacent to an activating group) is 1. The molecule has 1 rings (SSSR count). The molecule has 1 amide bonds. The predicted molar refractivity (Wildman–Crippen MR) is 75.0 cm³/mol. The Kier molecular flexibility index (Phi) is 5.66. The monoisotopic (exact) mass is 364 g/mol. The average Bonchev–Trinajstić information content (AvgIpc) is 2.36. The zero-order valence-corrected chi connectivity index (χ0v) is 12.9. The van der Waals surface area contributed by atoms with Crippen LogP contribution in [-0.4, -0.2) is 38.5 Å². The molecule has 20 heavy (non-hydrogen) atoms. The van der Waals surface area contributed by atoms with E-state index in [2.05, 4.69) is 26.0 Å². The zero-order chi connectivity index (χ0) is 15.3. The molecule has 0 bridgehead atoms. The molecule has 1 aromatic rings. The molecule has 0 radical (unpaired) electrons. The molecule has 0 saturated carbocycles. The number of benzene rings is 1. The fourth-order valence-electron chi connectivity index (χ4n) is 1.35. The number of amides is 1. The van der Waals surface area contributed by atoms with Crippen LogP contribution >= 0.6 is 15.9 Å². The Morgan fingerprint density at radius 1 is 1.35 bits per heavy atom. The Morgan fingerprint density at radius 2 is 2.00 bits per heavy atom. The molecule has 0 fully saturated rings. The summed E-state index contributed by atoms with van der Waals surface area (Å²) in [5.74, 6) is -1.61. The Bertz CT molecular complexity index is 630. The highest BCUT2D eigenvalue weighted by molar-refractivity contribution is 9.10. The van der Waals surface area contributed by atoms with E-state index in [0.29, 0.717) is 6.54 Å². The van der Waals surface area contributed by atoms with Crippen molar-refractivity contribution >= 4 is 37.8 Å². The minimum atomic E-state index is -3.90. The van der Waals surface area contributed by atoms with Gasteiger partial charge in [-0.1, -0.05) is 0 Å². The number of nitrogens with one attached hydrogen (secondary N) is 2. The number of halogens is 1. The van der Waals surface area contributed by atoms with Gasteiger partial charge in [0.2, 0.25) is 15.9 Å². The van der Waals surface area contributed by atoms with Crippen LogP contribution in [0.3, 0.4) is 0 Å². The van der Waals surface area contributed by atoms with E-state index in [9.17, 15) is 18.0 Å². The highest BCUT2D eigenvalue weighted by Gasteiger charge is 2.19. The molecule has 0 aliphatic rings. The Morgan fingerprint density at radius 3 is 2.50 bits per heavy atom. The standard InChI is InChI=1S/C11H13BrN2O5S/c1-2-13-10(15)6-14-20(18,19)9-4-3-7(11(16)17)5-8(9)12/h3-5,14H,2,6H2,1H3,(H,13,15)(H,16,17). The highest BCUT2D eigenvalue weighted by Crippen LogP contribution is 2.23. The molecular formula is C11H13BrN2O5S. The van der Waals surface area contributed by atoms with Crippen molar-refractivity contribution in [2.75, 3.05) is 13.1 Å². The fraction of sp³-hybridized carbons (Fsp3) is 0.273. The third kappa shape index (κ3) is 4.29. The molecule has 0 saturated heterocycles. The Hall–Kier alpha value is -1.45. The van der Waals surface area contributed by atoms with Crippen molar-refractivity contribution in [3.63, 3.8) is 0 Å². The molecule has 110 valence electrons. The molecule has 0 aliphatic heterocycles. The van der Waals surface area contributed by atoms with Gasteiger partial charge >= 0.3 is 5.97 Å². The third-order valence-corrected chi connectivity index (χ3v) is 4.64. The van der Waals surface area contributed by atoms with Crippen molar-refractivity contribution in [1.82, 2.24) is 10.0 Å². The normalized spacial score (nSPS) is 11.1. The summed E-state index contributed by atoms with van der Waals surface area (Å²) in [6.45, 7) is 1.73. The zero-order valence-electron chi connectivity index (χ0n) is 10.5. The fourth-order valence-corrected chi connectivity index (χ4v) is 3.41. The van der Waals surface area contributed by atoms with Crippen LogP contribution in [0.1, 0.15) is 17.3 Å². The van der Waals surface area contributed by atoms with Crippen LogP contribution < -0.4 is 10.0 Å². The topological polar surface area (TPSA) is 113 Å². The van der Waals surface area contributed by atoms with Gasteiger partial charge in [0.25, 0.3) is 0 Å². The van der Waals surface area contributed by atoms with Crippen LogP contribution in [0.4, 0.5) is 0 Å². The van der Waals surface area contributed by atoms with E-state index < -0.39 is 21.9 Å². The van der Waals surface area contributed by atoms with Crippen LogP contribution in [0.25, 0.3) is 0 Å². The quantitative estimate of drug-likeness (QED) is 0.682. The number of carboxylic acids is 1. The van der Waals surface area contributed by atoms with Gasteiger partial charge in [-0.05, 0) is 41.1 Å². The molecule has 0 aliphatic carbocycles. The number of carbonyl (C=O) groups is 2. The molecule has 0 heterocycles. The summed E-state index contributed by atoms with van der Waals surface area (Å²) < 4.78 is 26.2. The third-order valence-electron chi connectivity index (χ3n) is 2.27. The number of hydrogen-bond acceptors (Lipinski definition) is 4. The molecule has 3 N–H and O–H groups in total. The second-order valence-corrected chi connectivity index (χ2v) is 6.32. The van der Waals surface area contributed by atoms with Crippen molar-refractivity contribution in [2.24, 2.45) is 0 Å². The lowest BCUT2D eigenvalue weighted by Crippen LogP contribution is -2.36. The summed E-state index contributed by atoms with van der Waals surface area (Å²) in [5.41, 5.74) is -0.0421. The van der Waals surface area contributed by atoms with Crippen LogP contribution in [0, 0.1) is 0 Å². The van der Waals surface area contributed by atoms with Crippen LogP contribution in [0.15, 0.2) is 27.6 Å². The van der Waals surface area contributed by atoms with E-state index >= 15 is 0 Å². The van der Waals surface area contributed by atoms with Gasteiger partial charge in [-0.25, -0.2) is 17.9 Å². The van der Waals surface area contributed by atoms with E-state index in [4.69, 9.17) is 5.11 Å². The molecule has 7 nitrogen and oxygen atoms in total. The molecule has 0 spiro atoms. The number of rotatable bonds is 6. The summed E-state index contributed by atoms with van der Waals surface area (Å²) in [5, 5.41) is 11.3. The maximum Gasteiger partial charge on any atom is 0.335 e. The van der Waals surface area contributed by atoms with Crippen LogP contribution in [0.5, 0.6) is 0 Å². The number of carbonyl (C=O) groups excluding carboxylic acids is 1. The van der Waals surface area contributed by atoms with Gasteiger partial charge in [0.1, 0.15) is 0 Å². The molecule has 0 aromatic heterocycles. The second kappa shape index (κ2) is 6.82. The SMILES string of the molecule is CCNC(=O)CNS(=O)(=O)c1ccc(C(=O)O)cc1Br. The Balaban J connectivity index is 2.93. The summed E-state index contributed by atoms with van der Waals surface area (Å²) in [6.07, 6.45) is 0. The molecular weight excluding hydrogens is 352 g/mol. The minimum absolute atomic E-state index is 0.0421. The lowest BCUT2D eigenvalue weighted by Gasteiger charge is -2.09. The first-order valence-electron chi connectivity index (χ1n) is 5.57. The van der Waals surface area contributed by atoms with Crippen LogP contribution in [-0.2, 0) is 14.8 Å². The number of carboxylic acid groups (broad SMARTS) is 1. The highest BCUT2D eigenvalue weighted by atomic mass is 79.9. The van der Waals surface area contributed by atoms with Gasteiger partial charge in [-0.15, -0.1) is 0 Å². The summed E-state index contributed by atoms with van der Waals surface area (Å²) >= 11 is 3.01. The second-order valence-electron chi connectivity index (χ2n) is 3.73. The lowest BCUT2D eigenvalue weighted by molar-refractivity contribution is -0.119. The summed E-state index contributed by atoms with van der Waals surface area (Å²) in [4.78, 5) is 21.9. The van der Waals surface area contributed by atoms with Gasteiger partial charge in [0.05, 0.1) is 17.0 Å². The van der Waals surface area contributed by atoms with Gasteiger partial charge in [-0.3, -0.25) is 4.79 Å². The number of aromatic carboxylic acids is 1. The van der Waals surface area contributed by atoms with Crippen molar-refractivity contribution in [3.05, 3.63) is 28.2 Å². The first-order valence-corrected chi connectivity index (χ1v) is 7.84. The van der Waals surface area contributed by atoms with Gasteiger partial charge < -0.3 is 10.4 Å². The van der Waals surface area contributed by atoms with Crippen molar-refractivity contribution in [2.45, 2.75) is 11.8 Å². The first kappa shape index (κ1) is 16.6. The molecule has 9 heteroatoms. The van der Waals surface area contributed by atoms with Gasteiger partial charge in [0, 0.05) is 11.0 Å². The van der Waals surface area contributed by atoms with Gasteiger partial charge in [0.15, 0.2) is 0 Å². The average molecular weight is 365 g/mol. The van der Waals surface area contributed by atoms with E-state index in [0.717, 1.165) is 6.07 Å². The van der Waals surface area contributed by atoms with Crippen LogP contribution in [0.2, 0.25) is 0 Å². The van der Waals surface area contributed by atoms with E-state index in [1.165, 1.54) is 12.1 Å².